The number of nitrogens with one attached hydrogen (secondary N) is 2. The minimum Gasteiger partial charge on any atom is -0.506 e. The van der Waals surface area contributed by atoms with E-state index in [1.807, 2.05) is 18.2 Å². The highest BCUT2D eigenvalue weighted by Crippen LogP contribution is 2.25. The third-order valence-electron chi connectivity index (χ3n) is 4.69. The molecular weight excluding hydrogens is 302 g/mol. The number of amides is 1. The highest BCUT2D eigenvalue weighted by atomic mass is 16.3. The fourth-order valence-electron chi connectivity index (χ4n) is 3.18. The molecule has 0 saturated carbocycles. The van der Waals surface area contributed by atoms with E-state index in [1.54, 1.807) is 6.07 Å². The monoisotopic (exact) mass is 334 g/mol. The molecule has 0 aromatic heterocycles. The molecule has 5 heteroatoms. The molecule has 134 valence electrons. The zero-order valence-electron chi connectivity index (χ0n) is 15.2. The average molecular weight is 334 g/mol. The van der Waals surface area contributed by atoms with Gasteiger partial charge in [-0.2, -0.15) is 0 Å². The number of anilines is 1. The average Bonchev–Trinajstić information content (AvgIpc) is 2.54. The molecule has 3 N–H and O–H groups in total. The number of piperazine rings is 1. The van der Waals surface area contributed by atoms with Crippen LogP contribution in [0, 0.1) is 5.92 Å². The molecule has 1 aliphatic heterocycles. The molecule has 1 saturated heterocycles. The van der Waals surface area contributed by atoms with Crippen LogP contribution >= 0.6 is 0 Å². The SMILES string of the molecule is CC(C)CC[C@@H](C)NC(=O)C[NH+]1CCN(c2ccccc2O)CC1. The molecule has 1 aromatic rings. The summed E-state index contributed by atoms with van der Waals surface area (Å²) < 4.78 is 0. The first-order valence-electron chi connectivity index (χ1n) is 9.11. The van der Waals surface area contributed by atoms with Crippen LogP contribution in [0.2, 0.25) is 0 Å². The van der Waals surface area contributed by atoms with Gasteiger partial charge in [0.2, 0.25) is 0 Å². The van der Waals surface area contributed by atoms with E-state index in [0.29, 0.717) is 18.2 Å². The second kappa shape index (κ2) is 8.92. The molecule has 5 nitrogen and oxygen atoms in total. The van der Waals surface area contributed by atoms with E-state index in [-0.39, 0.29) is 11.9 Å². The standard InChI is InChI=1S/C19H31N3O2/c1-15(2)8-9-16(3)20-19(24)14-21-10-12-22(13-11-21)17-6-4-5-7-18(17)23/h4-7,15-16,23H,8-14H2,1-3H3,(H,20,24)/p+1/t16-/m1/s1. The lowest BCUT2D eigenvalue weighted by Gasteiger charge is -2.33. The summed E-state index contributed by atoms with van der Waals surface area (Å²) >= 11 is 0. The summed E-state index contributed by atoms with van der Waals surface area (Å²) in [5, 5.41) is 13.1. The first-order chi connectivity index (χ1) is 11.5. The summed E-state index contributed by atoms with van der Waals surface area (Å²) in [4.78, 5) is 15.7. The van der Waals surface area contributed by atoms with Gasteiger partial charge in [0.25, 0.3) is 5.91 Å². The van der Waals surface area contributed by atoms with E-state index >= 15 is 0 Å². The number of phenolic OH excluding ortho intramolecular Hbond substituents is 1. The van der Waals surface area contributed by atoms with Crippen LogP contribution in [0.1, 0.15) is 33.6 Å². The van der Waals surface area contributed by atoms with Gasteiger partial charge in [-0.1, -0.05) is 26.0 Å². The Labute approximate surface area is 145 Å². The summed E-state index contributed by atoms with van der Waals surface area (Å²) in [6.45, 7) is 10.6. The van der Waals surface area contributed by atoms with E-state index in [0.717, 1.165) is 44.7 Å². The van der Waals surface area contributed by atoms with Gasteiger partial charge in [-0.25, -0.2) is 0 Å². The minimum atomic E-state index is 0.150. The van der Waals surface area contributed by atoms with Crippen molar-refractivity contribution in [2.45, 2.75) is 39.7 Å². The first-order valence-corrected chi connectivity index (χ1v) is 9.11. The molecule has 0 radical (unpaired) electrons. The number of carbonyl (C=O) groups excluding carboxylic acids is 1. The lowest BCUT2D eigenvalue weighted by molar-refractivity contribution is -0.892. The largest absolute Gasteiger partial charge is 0.506 e. The van der Waals surface area contributed by atoms with Gasteiger partial charge in [0.05, 0.1) is 31.9 Å². The van der Waals surface area contributed by atoms with Gasteiger partial charge >= 0.3 is 0 Å². The van der Waals surface area contributed by atoms with Gasteiger partial charge in [-0.15, -0.1) is 0 Å². The molecule has 1 atom stereocenters. The van der Waals surface area contributed by atoms with E-state index in [2.05, 4.69) is 31.0 Å². The predicted molar refractivity (Wildman–Crippen MR) is 97.6 cm³/mol. The number of para-hydroxylation sites is 2. The summed E-state index contributed by atoms with van der Waals surface area (Å²) in [7, 11) is 0. The van der Waals surface area contributed by atoms with Gasteiger partial charge in [-0.3, -0.25) is 4.79 Å². The van der Waals surface area contributed by atoms with Crippen LogP contribution in [0.5, 0.6) is 5.75 Å². The van der Waals surface area contributed by atoms with Crippen LogP contribution in [0.4, 0.5) is 5.69 Å². The second-order valence-corrected chi connectivity index (χ2v) is 7.34. The number of aromatic hydroxyl groups is 1. The Morgan fingerprint density at radius 1 is 1.21 bits per heavy atom. The fraction of sp³-hybridized carbons (Fsp3) is 0.632. The van der Waals surface area contributed by atoms with Crippen molar-refractivity contribution >= 4 is 11.6 Å². The number of benzene rings is 1. The second-order valence-electron chi connectivity index (χ2n) is 7.34. The summed E-state index contributed by atoms with van der Waals surface area (Å²) in [5.74, 6) is 1.16. The topological polar surface area (TPSA) is 57.0 Å². The Bertz CT molecular complexity index is 525. The quantitative estimate of drug-likeness (QED) is 0.698. The van der Waals surface area contributed by atoms with E-state index in [4.69, 9.17) is 0 Å². The molecule has 2 rings (SSSR count). The predicted octanol–water partition coefficient (Wildman–Crippen LogP) is 1.04. The number of nitrogens with zero attached hydrogens (tertiary/aromatic N) is 1. The van der Waals surface area contributed by atoms with Crippen LogP contribution < -0.4 is 15.1 Å². The number of hydrogen-bond acceptors (Lipinski definition) is 3. The third-order valence-corrected chi connectivity index (χ3v) is 4.69. The maximum absolute atomic E-state index is 12.2. The van der Waals surface area contributed by atoms with Crippen molar-refractivity contribution < 1.29 is 14.8 Å². The number of quaternary nitrogens is 1. The summed E-state index contributed by atoms with van der Waals surface area (Å²) in [6, 6.07) is 7.71. The van der Waals surface area contributed by atoms with E-state index in [9.17, 15) is 9.90 Å². The van der Waals surface area contributed by atoms with E-state index in [1.165, 1.54) is 4.90 Å². The zero-order chi connectivity index (χ0) is 17.5. The maximum Gasteiger partial charge on any atom is 0.275 e. The zero-order valence-corrected chi connectivity index (χ0v) is 15.2. The van der Waals surface area contributed by atoms with Crippen LogP contribution in [-0.2, 0) is 4.79 Å². The lowest BCUT2D eigenvalue weighted by atomic mass is 10.0. The molecule has 1 fully saturated rings. The Balaban J connectivity index is 1.73. The van der Waals surface area contributed by atoms with Crippen molar-refractivity contribution in [3.63, 3.8) is 0 Å². The molecule has 0 spiro atoms. The number of hydrogen-bond donors (Lipinski definition) is 3. The molecule has 1 heterocycles. The highest BCUT2D eigenvalue weighted by Gasteiger charge is 2.24. The van der Waals surface area contributed by atoms with Crippen molar-refractivity contribution in [2.24, 2.45) is 5.92 Å². The molecular formula is C19H32N3O2+. The Morgan fingerprint density at radius 3 is 2.50 bits per heavy atom. The van der Waals surface area contributed by atoms with Gasteiger partial charge in [0.15, 0.2) is 6.54 Å². The molecule has 1 aliphatic rings. The van der Waals surface area contributed by atoms with Gasteiger partial charge in [-0.05, 0) is 37.8 Å². The lowest BCUT2D eigenvalue weighted by Crippen LogP contribution is -3.16. The molecule has 24 heavy (non-hydrogen) atoms. The minimum absolute atomic E-state index is 0.150. The van der Waals surface area contributed by atoms with Crippen LogP contribution in [-0.4, -0.2) is 49.8 Å². The molecule has 0 bridgehead atoms. The van der Waals surface area contributed by atoms with Gasteiger partial charge in [0, 0.05) is 6.04 Å². The van der Waals surface area contributed by atoms with Crippen molar-refractivity contribution in [3.8, 4) is 5.75 Å². The smallest absolute Gasteiger partial charge is 0.275 e. The molecule has 1 aromatic carbocycles. The van der Waals surface area contributed by atoms with Crippen molar-refractivity contribution in [1.29, 1.82) is 0 Å². The van der Waals surface area contributed by atoms with Crippen LogP contribution in [0.3, 0.4) is 0 Å². The normalized spacial score (nSPS) is 17.1. The Morgan fingerprint density at radius 2 is 1.88 bits per heavy atom. The number of phenols is 1. The van der Waals surface area contributed by atoms with E-state index < -0.39 is 0 Å². The van der Waals surface area contributed by atoms with Gasteiger partial charge < -0.3 is 20.2 Å². The summed E-state index contributed by atoms with van der Waals surface area (Å²) in [5.41, 5.74) is 0.892. The Kier molecular flexibility index (Phi) is 6.91. The number of carbonyl (C=O) groups is 1. The van der Waals surface area contributed by atoms with Crippen LogP contribution in [0.25, 0.3) is 0 Å². The third kappa shape index (κ3) is 5.71. The van der Waals surface area contributed by atoms with Gasteiger partial charge in [0.1, 0.15) is 5.75 Å². The van der Waals surface area contributed by atoms with Crippen molar-refractivity contribution in [3.05, 3.63) is 24.3 Å². The highest BCUT2D eigenvalue weighted by molar-refractivity contribution is 5.77. The summed E-state index contributed by atoms with van der Waals surface area (Å²) in [6.07, 6.45) is 2.19. The Hall–Kier alpha value is -1.75. The molecule has 1 amide bonds. The number of rotatable bonds is 7. The van der Waals surface area contributed by atoms with Crippen molar-refractivity contribution in [1.82, 2.24) is 5.32 Å². The first kappa shape index (κ1) is 18.6. The molecule has 0 unspecified atom stereocenters. The fourth-order valence-corrected chi connectivity index (χ4v) is 3.18. The maximum atomic E-state index is 12.2. The van der Waals surface area contributed by atoms with Crippen molar-refractivity contribution in [2.75, 3.05) is 37.6 Å². The molecule has 0 aliphatic carbocycles. The van der Waals surface area contributed by atoms with Crippen LogP contribution in [0.15, 0.2) is 24.3 Å².